The molecule has 0 aromatic carbocycles. The van der Waals surface area contributed by atoms with Crippen LogP contribution >= 0.6 is 0 Å². The maximum absolute atomic E-state index is 12.8. The molecule has 4 heterocycles. The first-order valence-corrected chi connectivity index (χ1v) is 13.7. The van der Waals surface area contributed by atoms with Crippen LogP contribution in [0.3, 0.4) is 0 Å². The number of carbonyl (C=O) groups is 1. The number of nitrogens with one attached hydrogen (secondary N) is 1. The van der Waals surface area contributed by atoms with Crippen LogP contribution in [0, 0.1) is 5.92 Å². The third kappa shape index (κ3) is 5.19. The van der Waals surface area contributed by atoms with Crippen molar-refractivity contribution in [1.82, 2.24) is 24.3 Å². The van der Waals surface area contributed by atoms with Crippen molar-refractivity contribution in [2.75, 3.05) is 38.5 Å². The quantitative estimate of drug-likeness (QED) is 0.625. The Kier molecular flexibility index (Phi) is 7.30. The maximum atomic E-state index is 12.8. The zero-order chi connectivity index (χ0) is 24.5. The first kappa shape index (κ1) is 24.5. The molecule has 3 fully saturated rings. The molecular weight excluding hydrogens is 440 g/mol. The number of carbonyl (C=O) groups excluding carboxylic acids is 1. The number of hydrogen-bond donors (Lipinski definition) is 2. The Hall–Kier alpha value is -2.19. The highest BCUT2D eigenvalue weighted by Gasteiger charge is 2.35. The van der Waals surface area contributed by atoms with Gasteiger partial charge in [0.2, 0.25) is 11.9 Å². The Morgan fingerprint density at radius 1 is 1.17 bits per heavy atom. The Balaban J connectivity index is 1.37. The second kappa shape index (κ2) is 10.4. The minimum Gasteiger partial charge on any atom is -0.393 e. The molecule has 1 amide bonds. The van der Waals surface area contributed by atoms with E-state index in [1.54, 1.807) is 0 Å². The van der Waals surface area contributed by atoms with Crippen molar-refractivity contribution >= 4 is 22.9 Å². The van der Waals surface area contributed by atoms with Crippen LogP contribution in [0.1, 0.15) is 82.7 Å². The van der Waals surface area contributed by atoms with E-state index in [-0.39, 0.29) is 12.0 Å². The van der Waals surface area contributed by atoms with Crippen LogP contribution in [0.4, 0.5) is 5.95 Å². The van der Waals surface area contributed by atoms with Gasteiger partial charge in [-0.25, -0.2) is 4.98 Å². The van der Waals surface area contributed by atoms with E-state index in [4.69, 9.17) is 9.97 Å². The zero-order valence-corrected chi connectivity index (χ0v) is 21.6. The van der Waals surface area contributed by atoms with Gasteiger partial charge in [-0.2, -0.15) is 4.98 Å². The molecule has 1 aliphatic carbocycles. The molecule has 8 heteroatoms. The van der Waals surface area contributed by atoms with E-state index in [9.17, 15) is 9.90 Å². The highest BCUT2D eigenvalue weighted by molar-refractivity contribution is 5.82. The fourth-order valence-electron chi connectivity index (χ4n) is 6.31. The predicted molar refractivity (Wildman–Crippen MR) is 139 cm³/mol. The number of amides is 1. The second-order valence-corrected chi connectivity index (χ2v) is 11.2. The van der Waals surface area contributed by atoms with Gasteiger partial charge in [0.15, 0.2) is 0 Å². The standard InChI is InChI=1S/C27H42N6O2/c1-4-5-18(2)29-27-28-14-23-24(17-33(25(23)30-27)21-6-8-22(34)9-7-21)19-10-12-32(13-11-19)26(35)20-15-31(3)16-20/h14,17-22,34H,4-13,15-16H2,1-3H3,(H,28,29,30). The number of aliphatic hydroxyl groups excluding tert-OH is 1. The lowest BCUT2D eigenvalue weighted by Gasteiger charge is -2.40. The van der Waals surface area contributed by atoms with E-state index < -0.39 is 0 Å². The Bertz CT molecular complexity index is 1020. The summed E-state index contributed by atoms with van der Waals surface area (Å²) >= 11 is 0. The molecule has 2 aliphatic heterocycles. The van der Waals surface area contributed by atoms with Gasteiger partial charge in [0.1, 0.15) is 5.65 Å². The molecule has 2 aromatic heterocycles. The van der Waals surface area contributed by atoms with E-state index in [0.717, 1.165) is 88.6 Å². The van der Waals surface area contributed by atoms with Gasteiger partial charge in [-0.05, 0) is 70.4 Å². The topological polar surface area (TPSA) is 86.5 Å². The van der Waals surface area contributed by atoms with Crippen LogP contribution in [-0.2, 0) is 4.79 Å². The summed E-state index contributed by atoms with van der Waals surface area (Å²) in [5.41, 5.74) is 2.34. The van der Waals surface area contributed by atoms with Gasteiger partial charge in [0.25, 0.3) is 0 Å². The summed E-state index contributed by atoms with van der Waals surface area (Å²) < 4.78 is 2.37. The fourth-order valence-corrected chi connectivity index (χ4v) is 6.31. The third-order valence-electron chi connectivity index (χ3n) is 8.42. The van der Waals surface area contributed by atoms with Crippen molar-refractivity contribution in [3.8, 4) is 0 Å². The Morgan fingerprint density at radius 3 is 2.54 bits per heavy atom. The number of likely N-dealkylation sites (tertiary alicyclic amines) is 2. The highest BCUT2D eigenvalue weighted by atomic mass is 16.3. The van der Waals surface area contributed by atoms with Crippen molar-refractivity contribution in [3.63, 3.8) is 0 Å². The largest absolute Gasteiger partial charge is 0.393 e. The number of aromatic nitrogens is 3. The monoisotopic (exact) mass is 482 g/mol. The number of nitrogens with zero attached hydrogens (tertiary/aromatic N) is 5. The summed E-state index contributed by atoms with van der Waals surface area (Å²) in [6.45, 7) is 7.84. The van der Waals surface area contributed by atoms with Gasteiger partial charge in [-0.3, -0.25) is 4.79 Å². The normalized spacial score (nSPS) is 25.5. The maximum Gasteiger partial charge on any atom is 0.228 e. The molecule has 0 radical (unpaired) electrons. The number of hydrogen-bond acceptors (Lipinski definition) is 6. The average molecular weight is 483 g/mol. The summed E-state index contributed by atoms with van der Waals surface area (Å²) in [5, 5.41) is 14.7. The van der Waals surface area contributed by atoms with Gasteiger partial charge >= 0.3 is 0 Å². The van der Waals surface area contributed by atoms with Crippen molar-refractivity contribution in [2.45, 2.75) is 89.3 Å². The third-order valence-corrected chi connectivity index (χ3v) is 8.42. The average Bonchev–Trinajstić information content (AvgIpc) is 3.21. The second-order valence-electron chi connectivity index (χ2n) is 11.2. The van der Waals surface area contributed by atoms with Gasteiger partial charge in [-0.15, -0.1) is 0 Å². The van der Waals surface area contributed by atoms with Gasteiger partial charge in [0, 0.05) is 56.0 Å². The van der Waals surface area contributed by atoms with E-state index >= 15 is 0 Å². The molecule has 35 heavy (non-hydrogen) atoms. The number of rotatable bonds is 7. The lowest BCUT2D eigenvalue weighted by Crippen LogP contribution is -2.53. The first-order valence-electron chi connectivity index (χ1n) is 13.7. The van der Waals surface area contributed by atoms with E-state index in [2.05, 4.69) is 46.8 Å². The van der Waals surface area contributed by atoms with Crippen molar-refractivity contribution in [2.24, 2.45) is 5.92 Å². The molecular formula is C27H42N6O2. The van der Waals surface area contributed by atoms with Crippen molar-refractivity contribution in [1.29, 1.82) is 0 Å². The smallest absolute Gasteiger partial charge is 0.228 e. The number of aliphatic hydroxyl groups is 1. The molecule has 2 saturated heterocycles. The number of anilines is 1. The zero-order valence-electron chi connectivity index (χ0n) is 21.6. The van der Waals surface area contributed by atoms with Crippen LogP contribution in [0.15, 0.2) is 12.4 Å². The first-order chi connectivity index (χ1) is 16.9. The minimum absolute atomic E-state index is 0.174. The van der Waals surface area contributed by atoms with Crippen LogP contribution < -0.4 is 5.32 Å². The summed E-state index contributed by atoms with van der Waals surface area (Å²) in [5.74, 6) is 1.65. The lowest BCUT2D eigenvalue weighted by molar-refractivity contribution is -0.141. The van der Waals surface area contributed by atoms with E-state index in [1.165, 1.54) is 5.56 Å². The van der Waals surface area contributed by atoms with Crippen molar-refractivity contribution in [3.05, 3.63) is 18.0 Å². The van der Waals surface area contributed by atoms with E-state index in [0.29, 0.717) is 29.9 Å². The Labute approximate surface area is 209 Å². The summed E-state index contributed by atoms with van der Waals surface area (Å²) in [7, 11) is 2.08. The molecule has 0 spiro atoms. The van der Waals surface area contributed by atoms with E-state index in [1.807, 2.05) is 6.20 Å². The van der Waals surface area contributed by atoms with Crippen LogP contribution in [0.25, 0.3) is 11.0 Å². The number of fused-ring (bicyclic) bond motifs is 1. The molecule has 1 unspecified atom stereocenters. The fraction of sp³-hybridized carbons (Fsp3) is 0.741. The lowest BCUT2D eigenvalue weighted by atomic mass is 9.88. The van der Waals surface area contributed by atoms with Crippen LogP contribution in [0.2, 0.25) is 0 Å². The highest BCUT2D eigenvalue weighted by Crippen LogP contribution is 2.38. The van der Waals surface area contributed by atoms with Crippen LogP contribution in [0.5, 0.6) is 0 Å². The van der Waals surface area contributed by atoms with Crippen molar-refractivity contribution < 1.29 is 9.90 Å². The molecule has 5 rings (SSSR count). The summed E-state index contributed by atoms with van der Waals surface area (Å²) in [6.07, 6.45) is 12.0. The van der Waals surface area contributed by atoms with Gasteiger partial charge < -0.3 is 24.8 Å². The molecule has 2 aromatic rings. The molecule has 2 N–H and O–H groups in total. The molecule has 3 aliphatic rings. The van der Waals surface area contributed by atoms with Gasteiger partial charge in [-0.1, -0.05) is 13.3 Å². The SMILES string of the molecule is CCCC(C)Nc1ncc2c(C3CCN(C(=O)C4CN(C)C4)CC3)cn(C3CCC(O)CC3)c2n1. The summed E-state index contributed by atoms with van der Waals surface area (Å²) in [6, 6.07) is 0.699. The summed E-state index contributed by atoms with van der Waals surface area (Å²) in [4.78, 5) is 26.8. The molecule has 1 saturated carbocycles. The minimum atomic E-state index is -0.174. The number of piperidine rings is 1. The molecule has 8 nitrogen and oxygen atoms in total. The molecule has 0 bridgehead atoms. The van der Waals surface area contributed by atoms with Crippen LogP contribution in [-0.4, -0.2) is 80.7 Å². The van der Waals surface area contributed by atoms with Gasteiger partial charge in [0.05, 0.1) is 12.0 Å². The predicted octanol–water partition coefficient (Wildman–Crippen LogP) is 3.78. The molecule has 192 valence electrons. The molecule has 1 atom stereocenters. The Morgan fingerprint density at radius 2 is 1.89 bits per heavy atom.